The van der Waals surface area contributed by atoms with Crippen molar-refractivity contribution in [2.45, 2.75) is 38.2 Å². The molecule has 146 valence electrons. The van der Waals surface area contributed by atoms with E-state index in [2.05, 4.69) is 12.1 Å². The fourth-order valence-corrected chi connectivity index (χ4v) is 4.15. The van der Waals surface area contributed by atoms with E-state index in [1.165, 1.54) is 35.4 Å². The number of nitrogens with zero attached hydrogens (tertiary/aromatic N) is 1. The van der Waals surface area contributed by atoms with E-state index >= 15 is 0 Å². The van der Waals surface area contributed by atoms with Crippen molar-refractivity contribution in [1.29, 1.82) is 0 Å². The van der Waals surface area contributed by atoms with Gasteiger partial charge >= 0.3 is 5.97 Å². The van der Waals surface area contributed by atoms with Crippen molar-refractivity contribution in [2.75, 3.05) is 13.1 Å². The van der Waals surface area contributed by atoms with Crippen LogP contribution in [0, 0.1) is 11.7 Å². The third-order valence-corrected chi connectivity index (χ3v) is 5.72. The Morgan fingerprint density at radius 2 is 1.75 bits per heavy atom. The first-order valence-electron chi connectivity index (χ1n) is 9.92. The van der Waals surface area contributed by atoms with Crippen LogP contribution in [-0.4, -0.2) is 36.0 Å². The van der Waals surface area contributed by atoms with Crippen LogP contribution in [0.5, 0.6) is 0 Å². The van der Waals surface area contributed by atoms with Crippen LogP contribution in [0.15, 0.2) is 48.5 Å². The molecule has 4 rings (SSSR count). The maximum atomic E-state index is 13.1. The SMILES string of the molecule is O=C(OC1CCc2ccccc2C1)C1CCCN(C(=O)c2ccc(F)cc2)C1. The van der Waals surface area contributed by atoms with Gasteiger partial charge in [0.15, 0.2) is 0 Å². The third kappa shape index (κ3) is 4.08. The van der Waals surface area contributed by atoms with E-state index in [-0.39, 0.29) is 29.7 Å². The summed E-state index contributed by atoms with van der Waals surface area (Å²) in [5.41, 5.74) is 3.03. The molecule has 2 aromatic carbocycles. The summed E-state index contributed by atoms with van der Waals surface area (Å²) in [7, 11) is 0. The van der Waals surface area contributed by atoms with Crippen molar-refractivity contribution in [2.24, 2.45) is 5.92 Å². The number of amides is 1. The zero-order chi connectivity index (χ0) is 19.5. The highest BCUT2D eigenvalue weighted by atomic mass is 19.1. The Morgan fingerprint density at radius 1 is 1.00 bits per heavy atom. The average molecular weight is 381 g/mol. The van der Waals surface area contributed by atoms with E-state index in [4.69, 9.17) is 4.74 Å². The van der Waals surface area contributed by atoms with E-state index in [1.807, 2.05) is 12.1 Å². The molecule has 1 aliphatic carbocycles. The second kappa shape index (κ2) is 8.13. The molecule has 5 heteroatoms. The Labute approximate surface area is 164 Å². The normalized spacial score (nSPS) is 21.7. The highest BCUT2D eigenvalue weighted by molar-refractivity contribution is 5.94. The zero-order valence-corrected chi connectivity index (χ0v) is 15.8. The molecule has 0 N–H and O–H groups in total. The average Bonchev–Trinajstić information content (AvgIpc) is 2.74. The topological polar surface area (TPSA) is 46.6 Å². The number of hydrogen-bond acceptors (Lipinski definition) is 3. The highest BCUT2D eigenvalue weighted by Gasteiger charge is 2.32. The van der Waals surface area contributed by atoms with Crippen LogP contribution < -0.4 is 0 Å². The number of carbonyl (C=O) groups excluding carboxylic acids is 2. The summed E-state index contributed by atoms with van der Waals surface area (Å²) >= 11 is 0. The van der Waals surface area contributed by atoms with E-state index in [0.717, 1.165) is 32.1 Å². The molecular formula is C23H24FNO3. The number of fused-ring (bicyclic) bond motifs is 1. The van der Waals surface area contributed by atoms with Gasteiger partial charge in [-0.1, -0.05) is 24.3 Å². The minimum atomic E-state index is -0.370. The van der Waals surface area contributed by atoms with Crippen LogP contribution in [0.2, 0.25) is 0 Å². The number of halogens is 1. The molecule has 1 fully saturated rings. The molecule has 1 aliphatic heterocycles. The van der Waals surface area contributed by atoms with Gasteiger partial charge in [0.1, 0.15) is 11.9 Å². The Bertz CT molecular complexity index is 864. The molecule has 2 aliphatic rings. The van der Waals surface area contributed by atoms with Crippen LogP contribution >= 0.6 is 0 Å². The molecule has 4 nitrogen and oxygen atoms in total. The molecule has 0 bridgehead atoms. The maximum absolute atomic E-state index is 13.1. The van der Waals surface area contributed by atoms with E-state index in [1.54, 1.807) is 4.90 Å². The molecule has 0 radical (unpaired) electrons. The van der Waals surface area contributed by atoms with Gasteiger partial charge in [-0.25, -0.2) is 4.39 Å². The van der Waals surface area contributed by atoms with Crippen molar-refractivity contribution in [3.05, 3.63) is 71.0 Å². The predicted molar refractivity (Wildman–Crippen MR) is 103 cm³/mol. The standard InChI is InChI=1S/C23H24FNO3/c24-20-10-7-17(8-11-20)22(26)25-13-3-6-19(15-25)23(27)28-21-12-9-16-4-1-2-5-18(16)14-21/h1-2,4-5,7-8,10-11,19,21H,3,6,9,12-15H2. The number of esters is 1. The Balaban J connectivity index is 1.36. The summed E-state index contributed by atoms with van der Waals surface area (Å²) in [5, 5.41) is 0. The summed E-state index contributed by atoms with van der Waals surface area (Å²) < 4.78 is 18.9. The molecule has 28 heavy (non-hydrogen) atoms. The van der Waals surface area contributed by atoms with Gasteiger partial charge in [-0.2, -0.15) is 0 Å². The summed E-state index contributed by atoms with van der Waals surface area (Å²) in [6, 6.07) is 13.8. The molecule has 2 unspecified atom stereocenters. The van der Waals surface area contributed by atoms with Crippen LogP contribution in [0.1, 0.15) is 40.7 Å². The van der Waals surface area contributed by atoms with Gasteiger partial charge in [0.05, 0.1) is 5.92 Å². The largest absolute Gasteiger partial charge is 0.462 e. The second-order valence-corrected chi connectivity index (χ2v) is 7.67. The number of ether oxygens (including phenoxy) is 1. The number of piperidine rings is 1. The monoisotopic (exact) mass is 381 g/mol. The van der Waals surface area contributed by atoms with Crippen molar-refractivity contribution in [1.82, 2.24) is 4.90 Å². The van der Waals surface area contributed by atoms with E-state index < -0.39 is 0 Å². The third-order valence-electron chi connectivity index (χ3n) is 5.72. The first-order chi connectivity index (χ1) is 13.6. The van der Waals surface area contributed by atoms with E-state index in [9.17, 15) is 14.0 Å². The lowest BCUT2D eigenvalue weighted by atomic mass is 9.89. The summed E-state index contributed by atoms with van der Waals surface area (Å²) in [5.74, 6) is -1.04. The Kier molecular flexibility index (Phi) is 5.42. The molecule has 0 spiro atoms. The van der Waals surface area contributed by atoms with Gasteiger partial charge in [0, 0.05) is 25.1 Å². The molecule has 1 amide bonds. The van der Waals surface area contributed by atoms with Crippen molar-refractivity contribution in [3.8, 4) is 0 Å². The molecular weight excluding hydrogens is 357 g/mol. The fraction of sp³-hybridized carbons (Fsp3) is 0.391. The number of aryl methyl sites for hydroxylation is 1. The minimum Gasteiger partial charge on any atom is -0.462 e. The lowest BCUT2D eigenvalue weighted by Crippen LogP contribution is -2.43. The Hall–Kier alpha value is -2.69. The van der Waals surface area contributed by atoms with Gasteiger partial charge in [0.25, 0.3) is 5.91 Å². The van der Waals surface area contributed by atoms with Gasteiger partial charge in [-0.3, -0.25) is 9.59 Å². The number of hydrogen-bond donors (Lipinski definition) is 0. The smallest absolute Gasteiger partial charge is 0.311 e. The molecule has 0 aromatic heterocycles. The second-order valence-electron chi connectivity index (χ2n) is 7.67. The van der Waals surface area contributed by atoms with Gasteiger partial charge < -0.3 is 9.64 Å². The summed E-state index contributed by atoms with van der Waals surface area (Å²) in [4.78, 5) is 27.1. The quantitative estimate of drug-likeness (QED) is 0.760. The van der Waals surface area contributed by atoms with Crippen LogP contribution in [0.3, 0.4) is 0 Å². The highest BCUT2D eigenvalue weighted by Crippen LogP contribution is 2.26. The fourth-order valence-electron chi connectivity index (χ4n) is 4.15. The van der Waals surface area contributed by atoms with Gasteiger partial charge in [0.2, 0.25) is 0 Å². The first kappa shape index (κ1) is 18.7. The number of carbonyl (C=O) groups is 2. The molecule has 2 aromatic rings. The predicted octanol–water partition coefficient (Wildman–Crippen LogP) is 3.78. The summed E-state index contributed by atoms with van der Waals surface area (Å²) in [6.07, 6.45) is 3.93. The van der Waals surface area contributed by atoms with Crippen molar-refractivity contribution < 1.29 is 18.7 Å². The lowest BCUT2D eigenvalue weighted by molar-refractivity contribution is -0.156. The zero-order valence-electron chi connectivity index (χ0n) is 15.8. The van der Waals surface area contributed by atoms with Crippen LogP contribution in [-0.2, 0) is 22.4 Å². The number of benzene rings is 2. The molecule has 2 atom stereocenters. The lowest BCUT2D eigenvalue weighted by Gasteiger charge is -2.33. The minimum absolute atomic E-state index is 0.0921. The Morgan fingerprint density at radius 3 is 2.54 bits per heavy atom. The molecule has 0 saturated carbocycles. The summed E-state index contributed by atoms with van der Waals surface area (Å²) in [6.45, 7) is 0.967. The number of rotatable bonds is 3. The van der Waals surface area contributed by atoms with Gasteiger partial charge in [-0.15, -0.1) is 0 Å². The maximum Gasteiger partial charge on any atom is 0.311 e. The van der Waals surface area contributed by atoms with E-state index in [0.29, 0.717) is 18.7 Å². The van der Waals surface area contributed by atoms with Crippen LogP contribution in [0.4, 0.5) is 4.39 Å². The van der Waals surface area contributed by atoms with Crippen LogP contribution in [0.25, 0.3) is 0 Å². The first-order valence-corrected chi connectivity index (χ1v) is 9.92. The molecule has 1 heterocycles. The van der Waals surface area contributed by atoms with Crippen molar-refractivity contribution >= 4 is 11.9 Å². The van der Waals surface area contributed by atoms with Crippen molar-refractivity contribution in [3.63, 3.8) is 0 Å². The number of likely N-dealkylation sites (tertiary alicyclic amines) is 1. The molecule has 1 saturated heterocycles. The van der Waals surface area contributed by atoms with Gasteiger partial charge in [-0.05, 0) is 61.1 Å².